The fraction of sp³-hybridized carbons (Fsp3) is 0.333. The van der Waals surface area contributed by atoms with Crippen molar-refractivity contribution in [2.75, 3.05) is 0 Å². The Bertz CT molecular complexity index is 290. The van der Waals surface area contributed by atoms with Gasteiger partial charge in [0.25, 0.3) is 0 Å². The summed E-state index contributed by atoms with van der Waals surface area (Å²) in [6.07, 6.45) is 8.07. The van der Waals surface area contributed by atoms with Crippen molar-refractivity contribution in [1.82, 2.24) is 4.98 Å². The minimum atomic E-state index is 0.714. The van der Waals surface area contributed by atoms with E-state index in [9.17, 15) is 0 Å². The maximum atomic E-state index is 7.04. The Morgan fingerprint density at radius 3 is 2.57 bits per heavy atom. The fourth-order valence-electron chi connectivity index (χ4n) is 0.871. The zero-order valence-electron chi connectivity index (χ0n) is 9.12. The molecule has 1 heterocycles. The first kappa shape index (κ1) is 12.6. The number of rotatable bonds is 2. The summed E-state index contributed by atoms with van der Waals surface area (Å²) >= 11 is 0. The summed E-state index contributed by atoms with van der Waals surface area (Å²) in [5.41, 5.74) is 1.70. The molecule has 14 heavy (non-hydrogen) atoms. The van der Waals surface area contributed by atoms with Crippen LogP contribution in [0.25, 0.3) is 6.08 Å². The zero-order chi connectivity index (χ0) is 10.8. The van der Waals surface area contributed by atoms with Gasteiger partial charge in [-0.05, 0) is 13.0 Å². The molecule has 1 N–H and O–H groups in total. The van der Waals surface area contributed by atoms with E-state index in [0.717, 1.165) is 5.56 Å². The average Bonchev–Trinajstić information content (AvgIpc) is 2.20. The average molecular weight is 190 g/mol. The summed E-state index contributed by atoms with van der Waals surface area (Å²) in [5.74, 6) is 0. The molecule has 0 aliphatic heterocycles. The molecule has 2 heteroatoms. The number of nitrogens with zero attached hydrogens (tertiary/aromatic N) is 1. The summed E-state index contributed by atoms with van der Waals surface area (Å²) in [6, 6.07) is 3.80. The predicted molar refractivity (Wildman–Crippen MR) is 62.8 cm³/mol. The van der Waals surface area contributed by atoms with Gasteiger partial charge in [0.15, 0.2) is 0 Å². The lowest BCUT2D eigenvalue weighted by molar-refractivity contribution is 1.09. The van der Waals surface area contributed by atoms with Gasteiger partial charge in [0.1, 0.15) is 0 Å². The summed E-state index contributed by atoms with van der Waals surface area (Å²) in [5, 5.41) is 7.04. The van der Waals surface area contributed by atoms with Crippen LogP contribution >= 0.6 is 0 Å². The van der Waals surface area contributed by atoms with Crippen molar-refractivity contribution in [3.8, 4) is 0 Å². The highest BCUT2D eigenvalue weighted by atomic mass is 14.7. The Morgan fingerprint density at radius 2 is 2.07 bits per heavy atom. The third-order valence-electron chi connectivity index (χ3n) is 1.35. The van der Waals surface area contributed by atoms with Crippen LogP contribution in [0.3, 0.4) is 0 Å². The maximum Gasteiger partial charge on any atom is 0.0877 e. The van der Waals surface area contributed by atoms with Crippen LogP contribution in [0, 0.1) is 5.41 Å². The molecule has 0 spiro atoms. The Morgan fingerprint density at radius 1 is 1.43 bits per heavy atom. The summed E-state index contributed by atoms with van der Waals surface area (Å²) in [6.45, 7) is 6.20. The van der Waals surface area contributed by atoms with E-state index in [1.165, 1.54) is 12.6 Å². The minimum absolute atomic E-state index is 0.714. The molecule has 0 bridgehead atoms. The Labute approximate surface area is 86.2 Å². The number of nitrogens with one attached hydrogen (secondary N) is 1. The monoisotopic (exact) mass is 190 g/mol. The van der Waals surface area contributed by atoms with Crippen LogP contribution in [0.1, 0.15) is 38.4 Å². The first-order valence-corrected chi connectivity index (χ1v) is 4.88. The molecular weight excluding hydrogens is 172 g/mol. The second kappa shape index (κ2) is 8.17. The number of allylic oxidation sites excluding steroid dienone is 1. The lowest BCUT2D eigenvalue weighted by Gasteiger charge is -1.95. The van der Waals surface area contributed by atoms with Crippen molar-refractivity contribution in [2.24, 2.45) is 0 Å². The number of pyridine rings is 1. The molecule has 1 rings (SSSR count). The van der Waals surface area contributed by atoms with Crippen molar-refractivity contribution in [1.29, 1.82) is 5.41 Å². The lowest BCUT2D eigenvalue weighted by Crippen LogP contribution is -1.89. The van der Waals surface area contributed by atoms with Crippen LogP contribution in [-0.2, 0) is 0 Å². The van der Waals surface area contributed by atoms with Gasteiger partial charge in [0, 0.05) is 18.0 Å². The van der Waals surface area contributed by atoms with Crippen molar-refractivity contribution < 1.29 is 0 Å². The fourth-order valence-corrected chi connectivity index (χ4v) is 0.871. The van der Waals surface area contributed by atoms with Crippen molar-refractivity contribution >= 4 is 12.3 Å². The molecule has 0 aromatic carbocycles. The van der Waals surface area contributed by atoms with Gasteiger partial charge in [-0.3, -0.25) is 4.98 Å². The van der Waals surface area contributed by atoms with Gasteiger partial charge in [-0.15, -0.1) is 0 Å². The van der Waals surface area contributed by atoms with E-state index in [-0.39, 0.29) is 0 Å². The van der Waals surface area contributed by atoms with Crippen LogP contribution in [-0.4, -0.2) is 11.2 Å². The van der Waals surface area contributed by atoms with E-state index in [4.69, 9.17) is 5.41 Å². The molecule has 0 aliphatic rings. The third-order valence-corrected chi connectivity index (χ3v) is 1.35. The van der Waals surface area contributed by atoms with Gasteiger partial charge < -0.3 is 5.41 Å². The van der Waals surface area contributed by atoms with Crippen molar-refractivity contribution in [3.05, 3.63) is 35.7 Å². The molecule has 2 nitrogen and oxygen atoms in total. The normalized spacial score (nSPS) is 9.36. The van der Waals surface area contributed by atoms with E-state index in [1.54, 1.807) is 6.20 Å². The van der Waals surface area contributed by atoms with Gasteiger partial charge in [0.05, 0.1) is 5.69 Å². The van der Waals surface area contributed by atoms with E-state index >= 15 is 0 Å². The molecule has 76 valence electrons. The second-order valence-corrected chi connectivity index (χ2v) is 2.83. The highest BCUT2D eigenvalue weighted by Crippen LogP contribution is 2.04. The molecule has 1 aromatic rings. The second-order valence-electron chi connectivity index (χ2n) is 2.83. The molecule has 0 fully saturated rings. The van der Waals surface area contributed by atoms with E-state index in [1.807, 2.05) is 31.2 Å². The van der Waals surface area contributed by atoms with Gasteiger partial charge in [-0.1, -0.05) is 38.5 Å². The largest absolute Gasteiger partial charge is 0.306 e. The standard InChI is InChI=1S/C9H10N2.C3H8/c1-2-4-8-5-3-6-11-9(8)7-10;1-3-2/h2-7,10H,1H3;3H2,1-2H3/b4-2-,10-7?;. The molecule has 0 saturated carbocycles. The Kier molecular flexibility index (Phi) is 7.33. The molecule has 0 amide bonds. The van der Waals surface area contributed by atoms with E-state index < -0.39 is 0 Å². The first-order valence-electron chi connectivity index (χ1n) is 4.88. The van der Waals surface area contributed by atoms with Crippen LogP contribution in [0.2, 0.25) is 0 Å². The van der Waals surface area contributed by atoms with Gasteiger partial charge in [-0.25, -0.2) is 0 Å². The zero-order valence-corrected chi connectivity index (χ0v) is 9.12. The van der Waals surface area contributed by atoms with Gasteiger partial charge in [0.2, 0.25) is 0 Å². The van der Waals surface area contributed by atoms with Crippen LogP contribution in [0.15, 0.2) is 24.4 Å². The van der Waals surface area contributed by atoms with E-state index in [2.05, 4.69) is 18.8 Å². The Hall–Kier alpha value is -1.44. The SMILES string of the molecule is C/C=C\c1cccnc1C=N.CCC. The van der Waals surface area contributed by atoms with Crippen LogP contribution < -0.4 is 0 Å². The van der Waals surface area contributed by atoms with E-state index in [0.29, 0.717) is 5.69 Å². The van der Waals surface area contributed by atoms with Crippen molar-refractivity contribution in [2.45, 2.75) is 27.2 Å². The molecule has 0 radical (unpaired) electrons. The Balaban J connectivity index is 0.000000500. The molecule has 0 aliphatic carbocycles. The summed E-state index contributed by atoms with van der Waals surface area (Å²) in [7, 11) is 0. The smallest absolute Gasteiger partial charge is 0.0877 e. The van der Waals surface area contributed by atoms with Crippen LogP contribution in [0.4, 0.5) is 0 Å². The molecule has 0 atom stereocenters. The minimum Gasteiger partial charge on any atom is -0.306 e. The quantitative estimate of drug-likeness (QED) is 0.711. The summed E-state index contributed by atoms with van der Waals surface area (Å²) in [4.78, 5) is 4.02. The maximum absolute atomic E-state index is 7.04. The molecule has 0 unspecified atom stereocenters. The highest BCUT2D eigenvalue weighted by molar-refractivity contribution is 5.80. The van der Waals surface area contributed by atoms with Gasteiger partial charge in [-0.2, -0.15) is 0 Å². The number of aromatic nitrogens is 1. The summed E-state index contributed by atoms with van der Waals surface area (Å²) < 4.78 is 0. The first-order chi connectivity index (χ1) is 6.79. The molecular formula is C12H18N2. The topological polar surface area (TPSA) is 36.7 Å². The number of hydrogen-bond acceptors (Lipinski definition) is 2. The third kappa shape index (κ3) is 4.55. The van der Waals surface area contributed by atoms with Gasteiger partial charge >= 0.3 is 0 Å². The predicted octanol–water partition coefficient (Wildman–Crippen LogP) is 3.53. The highest BCUT2D eigenvalue weighted by Gasteiger charge is 1.93. The number of hydrogen-bond donors (Lipinski definition) is 1. The van der Waals surface area contributed by atoms with Crippen LogP contribution in [0.5, 0.6) is 0 Å². The van der Waals surface area contributed by atoms with Crippen molar-refractivity contribution in [3.63, 3.8) is 0 Å². The molecule has 0 saturated heterocycles. The molecule has 1 aromatic heterocycles. The lowest BCUT2D eigenvalue weighted by atomic mass is 10.2.